The summed E-state index contributed by atoms with van der Waals surface area (Å²) in [5.74, 6) is -1.25. The largest absolute Gasteiger partial charge is 0.375 e. The lowest BCUT2D eigenvalue weighted by Crippen LogP contribution is -2.14. The predicted octanol–water partition coefficient (Wildman–Crippen LogP) is 3.26. The van der Waals surface area contributed by atoms with E-state index in [1.165, 1.54) is 29.5 Å². The minimum Gasteiger partial charge on any atom is -0.375 e. The maximum Gasteiger partial charge on any atom is 0.261 e. The van der Waals surface area contributed by atoms with Crippen LogP contribution in [0.2, 0.25) is 5.02 Å². The average Bonchev–Trinajstić information content (AvgIpc) is 2.80. The first-order valence-electron chi connectivity index (χ1n) is 5.97. The third-order valence-corrected chi connectivity index (χ3v) is 4.21. The topological polar surface area (TPSA) is 51.2 Å². The third kappa shape index (κ3) is 2.54. The fourth-order valence-corrected chi connectivity index (χ4v) is 3.14. The lowest BCUT2D eigenvalue weighted by atomic mass is 10.2. The Morgan fingerprint density at radius 3 is 3.10 bits per heavy atom. The zero-order chi connectivity index (χ0) is 14.1. The number of halogens is 2. The second kappa shape index (κ2) is 5.47. The third-order valence-electron chi connectivity index (χ3n) is 2.90. The van der Waals surface area contributed by atoms with Gasteiger partial charge in [-0.25, -0.2) is 9.37 Å². The van der Waals surface area contributed by atoms with Gasteiger partial charge in [-0.05, 0) is 12.1 Å². The molecular weight excluding hydrogens is 303 g/mol. The molecule has 0 spiro atoms. The zero-order valence-corrected chi connectivity index (χ0v) is 11.9. The summed E-state index contributed by atoms with van der Waals surface area (Å²) in [6.07, 6.45) is 0.724. The van der Waals surface area contributed by atoms with Crippen molar-refractivity contribution in [3.05, 3.63) is 45.2 Å². The summed E-state index contributed by atoms with van der Waals surface area (Å²) >= 11 is 7.19. The Kier molecular flexibility index (Phi) is 3.69. The van der Waals surface area contributed by atoms with Crippen molar-refractivity contribution < 1.29 is 13.9 Å². The van der Waals surface area contributed by atoms with Crippen molar-refractivity contribution in [2.75, 3.05) is 11.9 Å². The number of ether oxygens (including phenoxy) is 1. The molecule has 3 rings (SSSR count). The molecule has 7 heteroatoms. The molecule has 0 saturated carbocycles. The van der Waals surface area contributed by atoms with Crippen LogP contribution >= 0.6 is 22.9 Å². The number of carbonyl (C=O) groups is 1. The molecule has 2 heterocycles. The smallest absolute Gasteiger partial charge is 0.261 e. The van der Waals surface area contributed by atoms with Crippen molar-refractivity contribution in [3.63, 3.8) is 0 Å². The summed E-state index contributed by atoms with van der Waals surface area (Å²) < 4.78 is 19.0. The maximum absolute atomic E-state index is 13.6. The minimum atomic E-state index is -0.653. The van der Waals surface area contributed by atoms with Gasteiger partial charge in [-0.15, -0.1) is 0 Å². The van der Waals surface area contributed by atoms with Gasteiger partial charge in [0.2, 0.25) is 0 Å². The molecule has 1 N–H and O–H groups in total. The second-order valence-corrected chi connectivity index (χ2v) is 5.73. The van der Waals surface area contributed by atoms with Crippen molar-refractivity contribution in [2.24, 2.45) is 0 Å². The van der Waals surface area contributed by atoms with Gasteiger partial charge in [-0.2, -0.15) is 0 Å². The standard InChI is InChI=1S/C13H10ClFN2O2S/c14-7-2-1-3-8(15)11(7)12(18)17-13-16-9-4-5-19-6-10(9)20-13/h1-3H,4-6H2,(H,16,17,18). The van der Waals surface area contributed by atoms with Crippen molar-refractivity contribution >= 4 is 34.0 Å². The molecule has 1 aliphatic heterocycles. The van der Waals surface area contributed by atoms with Crippen LogP contribution < -0.4 is 5.32 Å². The zero-order valence-electron chi connectivity index (χ0n) is 10.3. The Balaban J connectivity index is 1.84. The summed E-state index contributed by atoms with van der Waals surface area (Å²) in [4.78, 5) is 17.4. The molecule has 4 nitrogen and oxygen atoms in total. The van der Waals surface area contributed by atoms with Crippen molar-refractivity contribution in [2.45, 2.75) is 13.0 Å². The highest BCUT2D eigenvalue weighted by Gasteiger charge is 2.20. The highest BCUT2D eigenvalue weighted by atomic mass is 35.5. The first-order chi connectivity index (χ1) is 9.65. The number of thiazole rings is 1. The summed E-state index contributed by atoms with van der Waals surface area (Å²) in [7, 11) is 0. The molecule has 0 atom stereocenters. The van der Waals surface area contributed by atoms with E-state index >= 15 is 0 Å². The second-order valence-electron chi connectivity index (χ2n) is 4.24. The number of nitrogens with one attached hydrogen (secondary N) is 1. The Bertz CT molecular complexity index is 631. The molecular formula is C13H10ClFN2O2S. The van der Waals surface area contributed by atoms with E-state index < -0.39 is 11.7 Å². The van der Waals surface area contributed by atoms with Gasteiger partial charge in [-0.1, -0.05) is 29.0 Å². The quantitative estimate of drug-likeness (QED) is 0.926. The van der Waals surface area contributed by atoms with Crippen LogP contribution in [-0.2, 0) is 17.8 Å². The van der Waals surface area contributed by atoms with Gasteiger partial charge in [0.1, 0.15) is 5.82 Å². The van der Waals surface area contributed by atoms with Crippen LogP contribution in [-0.4, -0.2) is 17.5 Å². The van der Waals surface area contributed by atoms with Crippen LogP contribution in [0, 0.1) is 5.82 Å². The van der Waals surface area contributed by atoms with E-state index in [9.17, 15) is 9.18 Å². The van der Waals surface area contributed by atoms with Gasteiger partial charge in [0.15, 0.2) is 5.13 Å². The highest BCUT2D eigenvalue weighted by Crippen LogP contribution is 2.28. The number of carbonyl (C=O) groups excluding carboxylic acids is 1. The molecule has 104 valence electrons. The van der Waals surface area contributed by atoms with E-state index in [-0.39, 0.29) is 10.6 Å². The molecule has 1 aromatic heterocycles. The Morgan fingerprint density at radius 2 is 2.35 bits per heavy atom. The van der Waals surface area contributed by atoms with E-state index in [1.54, 1.807) is 0 Å². The molecule has 0 bridgehead atoms. The fraction of sp³-hybridized carbons (Fsp3) is 0.231. The van der Waals surface area contributed by atoms with Gasteiger partial charge in [0, 0.05) is 6.42 Å². The van der Waals surface area contributed by atoms with Crippen molar-refractivity contribution in [1.29, 1.82) is 0 Å². The van der Waals surface area contributed by atoms with E-state index in [1.807, 2.05) is 0 Å². The van der Waals surface area contributed by atoms with Crippen LogP contribution in [0.4, 0.5) is 9.52 Å². The molecule has 1 amide bonds. The van der Waals surface area contributed by atoms with Gasteiger partial charge in [0.25, 0.3) is 5.91 Å². The molecule has 0 saturated heterocycles. The van der Waals surface area contributed by atoms with Gasteiger partial charge >= 0.3 is 0 Å². The molecule has 1 aliphatic rings. The van der Waals surface area contributed by atoms with Crippen LogP contribution in [0.15, 0.2) is 18.2 Å². The van der Waals surface area contributed by atoms with Gasteiger partial charge in [-0.3, -0.25) is 10.1 Å². The van der Waals surface area contributed by atoms with E-state index in [2.05, 4.69) is 10.3 Å². The maximum atomic E-state index is 13.6. The van der Waals surface area contributed by atoms with E-state index in [4.69, 9.17) is 16.3 Å². The molecule has 0 aliphatic carbocycles. The van der Waals surface area contributed by atoms with E-state index in [0.717, 1.165) is 17.0 Å². The highest BCUT2D eigenvalue weighted by molar-refractivity contribution is 7.15. The number of hydrogen-bond donors (Lipinski definition) is 1. The number of rotatable bonds is 2. The van der Waals surface area contributed by atoms with Crippen LogP contribution in [0.25, 0.3) is 0 Å². The molecule has 2 aromatic rings. The number of hydrogen-bond acceptors (Lipinski definition) is 4. The minimum absolute atomic E-state index is 0.0761. The molecule has 20 heavy (non-hydrogen) atoms. The molecule has 0 unspecified atom stereocenters. The summed E-state index contributed by atoms with van der Waals surface area (Å²) in [5, 5.41) is 3.10. The predicted molar refractivity (Wildman–Crippen MR) is 74.8 cm³/mol. The molecule has 0 radical (unpaired) electrons. The Hall–Kier alpha value is -1.50. The Morgan fingerprint density at radius 1 is 1.50 bits per heavy atom. The fourth-order valence-electron chi connectivity index (χ4n) is 1.95. The average molecular weight is 313 g/mol. The number of benzene rings is 1. The van der Waals surface area contributed by atoms with Gasteiger partial charge in [0.05, 0.1) is 34.4 Å². The first kappa shape index (κ1) is 13.5. The normalized spacial score (nSPS) is 13.9. The van der Waals surface area contributed by atoms with Crippen LogP contribution in [0.3, 0.4) is 0 Å². The first-order valence-corrected chi connectivity index (χ1v) is 7.16. The summed E-state index contributed by atoms with van der Waals surface area (Å²) in [6, 6.07) is 4.12. The van der Waals surface area contributed by atoms with Crippen molar-refractivity contribution in [3.8, 4) is 0 Å². The SMILES string of the molecule is O=C(Nc1nc2c(s1)COCC2)c1c(F)cccc1Cl. The monoisotopic (exact) mass is 312 g/mol. The molecule has 0 fully saturated rings. The number of anilines is 1. The van der Waals surface area contributed by atoms with Crippen molar-refractivity contribution in [1.82, 2.24) is 4.98 Å². The van der Waals surface area contributed by atoms with Gasteiger partial charge < -0.3 is 4.74 Å². The Labute approximate surface area is 123 Å². The number of fused-ring (bicyclic) bond motifs is 1. The lowest BCUT2D eigenvalue weighted by Gasteiger charge is -2.08. The number of nitrogens with zero attached hydrogens (tertiary/aromatic N) is 1. The van der Waals surface area contributed by atoms with Crippen LogP contribution in [0.1, 0.15) is 20.9 Å². The van der Waals surface area contributed by atoms with E-state index in [0.29, 0.717) is 18.3 Å². The lowest BCUT2D eigenvalue weighted by molar-refractivity contribution is 0.102. The summed E-state index contributed by atoms with van der Waals surface area (Å²) in [6.45, 7) is 1.13. The van der Waals surface area contributed by atoms with Crippen LogP contribution in [0.5, 0.6) is 0 Å². The number of aromatic nitrogens is 1. The number of amides is 1. The summed E-state index contributed by atoms with van der Waals surface area (Å²) in [5.41, 5.74) is 0.759. The molecule has 1 aromatic carbocycles.